The molecular weight excluding hydrogens is 435 g/mol. The summed E-state index contributed by atoms with van der Waals surface area (Å²) in [6.07, 6.45) is 4.64. The Morgan fingerprint density at radius 3 is 1.14 bits per heavy atom. The zero-order valence-corrected chi connectivity index (χ0v) is 23.7. The van der Waals surface area contributed by atoms with E-state index in [9.17, 15) is 0 Å². The lowest BCUT2D eigenvalue weighted by atomic mass is 9.63. The summed E-state index contributed by atoms with van der Waals surface area (Å²) < 4.78 is 0. The van der Waals surface area contributed by atoms with Crippen LogP contribution >= 0.6 is 0 Å². The van der Waals surface area contributed by atoms with E-state index in [2.05, 4.69) is 145 Å². The van der Waals surface area contributed by atoms with Crippen LogP contribution in [0.15, 0.2) is 73.1 Å². The Morgan fingerprint density at radius 2 is 0.833 bits per heavy atom. The summed E-state index contributed by atoms with van der Waals surface area (Å²) in [6, 6.07) is 22.9. The highest BCUT2D eigenvalue weighted by Crippen LogP contribution is 2.42. The van der Waals surface area contributed by atoms with Crippen molar-refractivity contribution in [1.29, 1.82) is 0 Å². The highest BCUT2D eigenvalue weighted by Gasteiger charge is 2.40. The molecule has 1 aliphatic heterocycles. The first-order valence-corrected chi connectivity index (χ1v) is 13.7. The molecule has 188 valence electrons. The summed E-state index contributed by atoms with van der Waals surface area (Å²) in [6.45, 7) is 20.7. The number of hydrogen-bond donors (Lipinski definition) is 0. The number of rotatable bonds is 7. The molecule has 1 aliphatic rings. The Morgan fingerprint density at radius 1 is 0.500 bits per heavy atom. The Labute approximate surface area is 220 Å². The highest BCUT2D eigenvalue weighted by atomic mass is 15.3. The maximum absolute atomic E-state index is 2.54. The summed E-state index contributed by atoms with van der Waals surface area (Å²) in [4.78, 5) is 5.08. The van der Waals surface area contributed by atoms with Gasteiger partial charge in [0.25, 0.3) is 0 Å². The SMILES string of the molecule is Cc1ccc(B2N(c3c(C(C)C)cccc3C(C)C)C=CN2c2c(C(C)C)cccc2C(C)C)cc1. The van der Waals surface area contributed by atoms with Gasteiger partial charge < -0.3 is 9.62 Å². The first kappa shape index (κ1) is 26.1. The molecule has 0 saturated carbocycles. The normalized spacial score (nSPS) is 13.9. The molecule has 0 unspecified atom stereocenters. The van der Waals surface area contributed by atoms with Crippen LogP contribution < -0.4 is 15.1 Å². The second-order valence-corrected chi connectivity index (χ2v) is 11.6. The molecule has 0 N–H and O–H groups in total. The van der Waals surface area contributed by atoms with E-state index >= 15 is 0 Å². The number of nitrogens with zero attached hydrogens (tertiary/aromatic N) is 2. The van der Waals surface area contributed by atoms with Crippen molar-refractivity contribution in [3.8, 4) is 0 Å². The van der Waals surface area contributed by atoms with Crippen LogP contribution in [0.3, 0.4) is 0 Å². The van der Waals surface area contributed by atoms with Crippen molar-refractivity contribution < 1.29 is 0 Å². The maximum Gasteiger partial charge on any atom is 0.419 e. The van der Waals surface area contributed by atoms with Crippen molar-refractivity contribution in [1.82, 2.24) is 0 Å². The zero-order chi connectivity index (χ0) is 26.1. The fourth-order valence-corrected chi connectivity index (χ4v) is 5.51. The molecule has 3 aromatic rings. The first-order valence-electron chi connectivity index (χ1n) is 13.7. The van der Waals surface area contributed by atoms with Crippen molar-refractivity contribution in [3.63, 3.8) is 0 Å². The minimum absolute atomic E-state index is 0.0559. The van der Waals surface area contributed by atoms with E-state index in [1.54, 1.807) is 0 Å². The third-order valence-electron chi connectivity index (χ3n) is 7.49. The summed E-state index contributed by atoms with van der Waals surface area (Å²) in [7, 11) is 0. The molecule has 1 heterocycles. The van der Waals surface area contributed by atoms with Crippen molar-refractivity contribution >= 4 is 23.8 Å². The molecule has 0 spiro atoms. The minimum Gasteiger partial charge on any atom is -0.366 e. The lowest BCUT2D eigenvalue weighted by molar-refractivity contribution is 0.832. The molecule has 0 saturated heterocycles. The summed E-state index contributed by atoms with van der Waals surface area (Å²) in [5.74, 6) is 1.76. The van der Waals surface area contributed by atoms with Crippen LogP contribution in [-0.2, 0) is 0 Å². The average Bonchev–Trinajstić information content (AvgIpc) is 3.27. The summed E-state index contributed by atoms with van der Waals surface area (Å²) >= 11 is 0. The van der Waals surface area contributed by atoms with Gasteiger partial charge in [-0.15, -0.1) is 0 Å². The van der Waals surface area contributed by atoms with Crippen molar-refractivity contribution in [2.75, 3.05) is 9.62 Å². The van der Waals surface area contributed by atoms with Gasteiger partial charge in [-0.2, -0.15) is 0 Å². The molecule has 0 radical (unpaired) electrons. The van der Waals surface area contributed by atoms with E-state index in [1.807, 2.05) is 0 Å². The molecule has 2 nitrogen and oxygen atoms in total. The fraction of sp³-hybridized carbons (Fsp3) is 0.394. The molecule has 0 amide bonds. The smallest absolute Gasteiger partial charge is 0.366 e. The van der Waals surface area contributed by atoms with Gasteiger partial charge in [0.1, 0.15) is 0 Å². The number of anilines is 2. The van der Waals surface area contributed by atoms with Crippen molar-refractivity contribution in [2.45, 2.75) is 86.0 Å². The molecule has 0 fully saturated rings. The van der Waals surface area contributed by atoms with Crippen molar-refractivity contribution in [2.24, 2.45) is 0 Å². The number of para-hydroxylation sites is 2. The maximum atomic E-state index is 2.54. The van der Waals surface area contributed by atoms with Gasteiger partial charge in [-0.05, 0) is 58.3 Å². The first-order chi connectivity index (χ1) is 17.1. The highest BCUT2D eigenvalue weighted by molar-refractivity contribution is 6.81. The Balaban J connectivity index is 1.99. The predicted octanol–water partition coefficient (Wildman–Crippen LogP) is 8.68. The third-order valence-corrected chi connectivity index (χ3v) is 7.49. The molecule has 3 aromatic carbocycles. The van der Waals surface area contributed by atoms with Crippen LogP contribution in [-0.4, -0.2) is 6.98 Å². The standard InChI is InChI=1S/C33H43BN2/c1-22(2)28-12-10-13-29(23(3)4)32(28)35-20-21-36(34(35)27-18-16-26(9)17-19-27)33-30(24(5)6)14-11-15-31(33)25(7)8/h10-25H,1-9H3. The van der Waals surface area contributed by atoms with Gasteiger partial charge in [0.05, 0.1) is 0 Å². The van der Waals surface area contributed by atoms with E-state index in [4.69, 9.17) is 0 Å². The van der Waals surface area contributed by atoms with Crippen LogP contribution in [0.4, 0.5) is 11.4 Å². The second-order valence-electron chi connectivity index (χ2n) is 11.6. The summed E-state index contributed by atoms with van der Waals surface area (Å²) in [5.41, 5.74) is 11.0. The van der Waals surface area contributed by atoms with Gasteiger partial charge in [0.2, 0.25) is 0 Å². The Kier molecular flexibility index (Phi) is 7.69. The zero-order valence-electron chi connectivity index (χ0n) is 23.7. The minimum atomic E-state index is 0.0559. The van der Waals surface area contributed by atoms with E-state index in [0.717, 1.165) is 0 Å². The third kappa shape index (κ3) is 4.85. The molecule has 0 aromatic heterocycles. The van der Waals surface area contributed by atoms with Crippen LogP contribution in [0.5, 0.6) is 0 Å². The quantitative estimate of drug-likeness (QED) is 0.314. The van der Waals surface area contributed by atoms with E-state index in [1.165, 1.54) is 44.7 Å². The average molecular weight is 479 g/mol. The largest absolute Gasteiger partial charge is 0.419 e. The molecular formula is C33H43BN2. The van der Waals surface area contributed by atoms with Gasteiger partial charge in [-0.25, -0.2) is 0 Å². The number of aryl methyl sites for hydroxylation is 1. The topological polar surface area (TPSA) is 6.48 Å². The Bertz CT molecular complexity index is 1090. The number of hydrogen-bond acceptors (Lipinski definition) is 2. The molecule has 0 bridgehead atoms. The molecule has 36 heavy (non-hydrogen) atoms. The molecule has 3 heteroatoms. The monoisotopic (exact) mass is 478 g/mol. The predicted molar refractivity (Wildman–Crippen MR) is 160 cm³/mol. The molecule has 4 rings (SSSR count). The van der Waals surface area contributed by atoms with Gasteiger partial charge in [0, 0.05) is 23.8 Å². The van der Waals surface area contributed by atoms with Crippen LogP contribution in [0.25, 0.3) is 0 Å². The Hall–Kier alpha value is -2.94. The van der Waals surface area contributed by atoms with E-state index in [-0.39, 0.29) is 6.98 Å². The van der Waals surface area contributed by atoms with Gasteiger partial charge in [0.15, 0.2) is 0 Å². The van der Waals surface area contributed by atoms with E-state index in [0.29, 0.717) is 23.7 Å². The van der Waals surface area contributed by atoms with Gasteiger partial charge in [-0.3, -0.25) is 0 Å². The molecule has 0 atom stereocenters. The van der Waals surface area contributed by atoms with Crippen LogP contribution in [0.1, 0.15) is 107 Å². The van der Waals surface area contributed by atoms with Crippen molar-refractivity contribution in [3.05, 3.63) is 101 Å². The molecule has 0 aliphatic carbocycles. The number of benzene rings is 3. The lowest BCUT2D eigenvalue weighted by Crippen LogP contribution is -2.54. The fourth-order valence-electron chi connectivity index (χ4n) is 5.51. The lowest BCUT2D eigenvalue weighted by Gasteiger charge is -2.36. The second kappa shape index (κ2) is 10.6. The van der Waals surface area contributed by atoms with Crippen LogP contribution in [0, 0.1) is 6.92 Å². The van der Waals surface area contributed by atoms with E-state index < -0.39 is 0 Å². The van der Waals surface area contributed by atoms with Crippen LogP contribution in [0.2, 0.25) is 0 Å². The van der Waals surface area contributed by atoms with Gasteiger partial charge >= 0.3 is 6.98 Å². The van der Waals surface area contributed by atoms with Gasteiger partial charge in [-0.1, -0.05) is 122 Å². The summed E-state index contributed by atoms with van der Waals surface area (Å²) in [5, 5.41) is 0.